The van der Waals surface area contributed by atoms with Crippen LogP contribution in [0.1, 0.15) is 103 Å². The van der Waals surface area contributed by atoms with E-state index in [1.54, 1.807) is 0 Å². The molecule has 3 nitrogen and oxygen atoms in total. The molecule has 35 heavy (non-hydrogen) atoms. The van der Waals surface area contributed by atoms with Crippen LogP contribution in [-0.4, -0.2) is 38.1 Å². The number of carbonyl (C=O) groups is 1. The molecule has 0 N–H and O–H groups in total. The maximum Gasteiger partial charge on any atom is 0.258 e. The van der Waals surface area contributed by atoms with Crippen LogP contribution in [0.4, 0.5) is 0 Å². The minimum atomic E-state index is -2.15. The van der Waals surface area contributed by atoms with Gasteiger partial charge in [0.15, 0.2) is 0 Å². The summed E-state index contributed by atoms with van der Waals surface area (Å²) >= 11 is 0. The number of benzene rings is 2. The van der Waals surface area contributed by atoms with Crippen LogP contribution in [-0.2, 0) is 0 Å². The molecule has 0 spiro atoms. The second kappa shape index (κ2) is 12.9. The van der Waals surface area contributed by atoms with Gasteiger partial charge in [-0.15, -0.1) is 0 Å². The molecule has 0 amide bonds. The lowest BCUT2D eigenvalue weighted by Gasteiger charge is -2.43. The van der Waals surface area contributed by atoms with E-state index >= 15 is 0 Å². The van der Waals surface area contributed by atoms with Crippen molar-refractivity contribution < 1.29 is 9.22 Å². The van der Waals surface area contributed by atoms with Crippen LogP contribution in [0, 0.1) is 0 Å². The SMILES string of the molecule is CC(C)N(CC[C@H](c1ccccc1)c1cc(C=O)ccc1O[Si](C(C)C)(C(C)C)C(C)C)C(C)C. The van der Waals surface area contributed by atoms with Gasteiger partial charge in [-0.2, -0.15) is 0 Å². The number of hydrogen-bond acceptors (Lipinski definition) is 3. The summed E-state index contributed by atoms with van der Waals surface area (Å²) in [7, 11) is -2.15. The van der Waals surface area contributed by atoms with Gasteiger partial charge in [0.2, 0.25) is 0 Å². The summed E-state index contributed by atoms with van der Waals surface area (Å²) in [5, 5.41) is 0. The molecule has 0 bridgehead atoms. The molecule has 1 atom stereocenters. The molecular weight excluding hydrogens is 446 g/mol. The lowest BCUT2D eigenvalue weighted by molar-refractivity contribution is 0.112. The summed E-state index contributed by atoms with van der Waals surface area (Å²) in [6.07, 6.45) is 1.93. The number of carbonyl (C=O) groups excluding carboxylic acids is 1. The van der Waals surface area contributed by atoms with E-state index < -0.39 is 8.32 Å². The quantitative estimate of drug-likeness (QED) is 0.205. The van der Waals surface area contributed by atoms with Crippen LogP contribution in [0.5, 0.6) is 5.75 Å². The summed E-state index contributed by atoms with van der Waals surface area (Å²) in [5.74, 6) is 1.12. The molecule has 0 aliphatic rings. The highest BCUT2D eigenvalue weighted by molar-refractivity contribution is 6.78. The average molecular weight is 496 g/mol. The molecule has 2 aromatic carbocycles. The van der Waals surface area contributed by atoms with Crippen molar-refractivity contribution in [2.24, 2.45) is 0 Å². The van der Waals surface area contributed by atoms with Gasteiger partial charge in [-0.3, -0.25) is 9.69 Å². The minimum Gasteiger partial charge on any atom is -0.542 e. The van der Waals surface area contributed by atoms with Crippen LogP contribution >= 0.6 is 0 Å². The number of nitrogens with zero attached hydrogens (tertiary/aromatic N) is 1. The number of rotatable bonds is 13. The first-order valence-electron chi connectivity index (χ1n) is 13.5. The lowest BCUT2D eigenvalue weighted by Crippen LogP contribution is -2.51. The zero-order valence-corrected chi connectivity index (χ0v) is 24.8. The molecule has 0 unspecified atom stereocenters. The van der Waals surface area contributed by atoms with Crippen LogP contribution in [0.25, 0.3) is 0 Å². The molecule has 0 fully saturated rings. The van der Waals surface area contributed by atoms with Gasteiger partial charge in [0, 0.05) is 29.1 Å². The first kappa shape index (κ1) is 29.3. The van der Waals surface area contributed by atoms with Crippen molar-refractivity contribution in [1.82, 2.24) is 4.90 Å². The standard InChI is InChI=1S/C31H49NO2Si/c1-22(2)32(23(3)4)19-18-29(28-14-12-11-13-15-28)30-20-27(21-33)16-17-31(30)34-35(24(5)6,25(7)8)26(9)10/h11-17,20-26,29H,18-19H2,1-10H3/t29-/m1/s1. The molecular formula is C31H49NO2Si. The van der Waals surface area contributed by atoms with Crippen LogP contribution in [0.15, 0.2) is 48.5 Å². The minimum absolute atomic E-state index is 0.157. The Kier molecular flexibility index (Phi) is 10.8. The highest BCUT2D eigenvalue weighted by atomic mass is 28.4. The van der Waals surface area contributed by atoms with Gasteiger partial charge < -0.3 is 4.43 Å². The summed E-state index contributed by atoms with van der Waals surface area (Å²) in [4.78, 5) is 14.4. The van der Waals surface area contributed by atoms with Crippen molar-refractivity contribution in [3.8, 4) is 5.75 Å². The third-order valence-corrected chi connectivity index (χ3v) is 13.7. The Morgan fingerprint density at radius 3 is 1.80 bits per heavy atom. The molecule has 0 aromatic heterocycles. The van der Waals surface area contributed by atoms with E-state index in [9.17, 15) is 4.79 Å². The van der Waals surface area contributed by atoms with Crippen LogP contribution < -0.4 is 4.43 Å². The average Bonchev–Trinajstić information content (AvgIpc) is 2.79. The van der Waals surface area contributed by atoms with E-state index in [1.165, 1.54) is 5.56 Å². The van der Waals surface area contributed by atoms with Gasteiger partial charge >= 0.3 is 0 Å². The monoisotopic (exact) mass is 495 g/mol. The normalized spacial score (nSPS) is 13.5. The van der Waals surface area contributed by atoms with Gasteiger partial charge in [-0.1, -0.05) is 71.9 Å². The Morgan fingerprint density at radius 1 is 0.800 bits per heavy atom. The summed E-state index contributed by atoms with van der Waals surface area (Å²) in [6, 6.07) is 17.8. The molecule has 0 heterocycles. The molecule has 194 valence electrons. The summed E-state index contributed by atoms with van der Waals surface area (Å²) in [5.41, 5.74) is 4.57. The molecule has 0 radical (unpaired) electrons. The molecule has 0 aliphatic carbocycles. The van der Waals surface area contributed by atoms with E-state index in [-0.39, 0.29) is 5.92 Å². The molecule has 2 rings (SSSR count). The third kappa shape index (κ3) is 6.86. The van der Waals surface area contributed by atoms with Gasteiger partial charge in [0.25, 0.3) is 8.32 Å². The lowest BCUT2D eigenvalue weighted by atomic mass is 9.86. The first-order valence-corrected chi connectivity index (χ1v) is 15.7. The van der Waals surface area contributed by atoms with Gasteiger partial charge in [0.1, 0.15) is 12.0 Å². The van der Waals surface area contributed by atoms with Gasteiger partial charge in [-0.05, 0) is 81.0 Å². The molecule has 0 saturated heterocycles. The zero-order valence-electron chi connectivity index (χ0n) is 23.8. The van der Waals surface area contributed by atoms with Crippen molar-refractivity contribution >= 4 is 14.6 Å². The zero-order chi connectivity index (χ0) is 26.3. The van der Waals surface area contributed by atoms with Gasteiger partial charge in [0.05, 0.1) is 0 Å². The van der Waals surface area contributed by atoms with Crippen molar-refractivity contribution in [2.75, 3.05) is 6.54 Å². The Balaban J connectivity index is 2.65. The first-order chi connectivity index (χ1) is 16.4. The maximum atomic E-state index is 11.8. The van der Waals surface area contributed by atoms with Crippen LogP contribution in [0.3, 0.4) is 0 Å². The fourth-order valence-corrected chi connectivity index (χ4v) is 11.4. The predicted octanol–water partition coefficient (Wildman–Crippen LogP) is 8.69. The Morgan fingerprint density at radius 2 is 1.34 bits per heavy atom. The largest absolute Gasteiger partial charge is 0.542 e. The topological polar surface area (TPSA) is 29.5 Å². The number of aldehydes is 1. The summed E-state index contributed by atoms with van der Waals surface area (Å²) < 4.78 is 7.23. The Labute approximate surface area is 216 Å². The van der Waals surface area contributed by atoms with Crippen molar-refractivity contribution in [3.05, 3.63) is 65.2 Å². The highest BCUT2D eigenvalue weighted by Crippen LogP contribution is 2.45. The molecule has 0 saturated carbocycles. The molecule has 4 heteroatoms. The van der Waals surface area contributed by atoms with E-state index in [0.29, 0.717) is 34.3 Å². The fourth-order valence-electron chi connectivity index (χ4n) is 6.13. The van der Waals surface area contributed by atoms with E-state index in [0.717, 1.165) is 30.6 Å². The third-order valence-electron chi connectivity index (χ3n) is 7.74. The second-order valence-corrected chi connectivity index (χ2v) is 16.9. The van der Waals surface area contributed by atoms with E-state index in [2.05, 4.69) is 117 Å². The maximum absolute atomic E-state index is 11.8. The molecule has 0 aliphatic heterocycles. The molecule has 2 aromatic rings. The van der Waals surface area contributed by atoms with Crippen molar-refractivity contribution in [2.45, 2.75) is 110 Å². The van der Waals surface area contributed by atoms with E-state index in [1.807, 2.05) is 6.07 Å². The van der Waals surface area contributed by atoms with E-state index in [4.69, 9.17) is 4.43 Å². The highest BCUT2D eigenvalue weighted by Gasteiger charge is 2.47. The predicted molar refractivity (Wildman–Crippen MR) is 153 cm³/mol. The van der Waals surface area contributed by atoms with Crippen molar-refractivity contribution in [3.63, 3.8) is 0 Å². The number of hydrogen-bond donors (Lipinski definition) is 0. The smallest absolute Gasteiger partial charge is 0.258 e. The fraction of sp³-hybridized carbons (Fsp3) is 0.581. The van der Waals surface area contributed by atoms with Gasteiger partial charge in [-0.25, -0.2) is 0 Å². The Bertz CT molecular complexity index is 891. The summed E-state index contributed by atoms with van der Waals surface area (Å²) in [6.45, 7) is 24.0. The van der Waals surface area contributed by atoms with Crippen molar-refractivity contribution in [1.29, 1.82) is 0 Å². The van der Waals surface area contributed by atoms with Crippen LogP contribution in [0.2, 0.25) is 16.6 Å². The second-order valence-electron chi connectivity index (χ2n) is 11.5. The Hall–Kier alpha value is -1.91.